The second-order valence-corrected chi connectivity index (χ2v) is 5.48. The molecule has 0 radical (unpaired) electrons. The van der Waals surface area contributed by atoms with Gasteiger partial charge < -0.3 is 16.2 Å². The number of anilines is 1. The summed E-state index contributed by atoms with van der Waals surface area (Å²) in [5, 5.41) is 22.9. The summed E-state index contributed by atoms with van der Waals surface area (Å²) < 4.78 is 0. The van der Waals surface area contributed by atoms with Crippen molar-refractivity contribution in [1.29, 1.82) is 0 Å². The molecule has 0 aliphatic carbocycles. The molecule has 1 aromatic rings. The Morgan fingerprint density at radius 2 is 2.10 bits per heavy atom. The SMILES string of the molecule is Cc1cc(C(=O)NC(CO)CC(C)C)c(N)c([N+](=O)[O-])c1. The number of aliphatic hydroxyl groups is 1. The lowest BCUT2D eigenvalue weighted by atomic mass is 10.0. The van der Waals surface area contributed by atoms with Gasteiger partial charge in [-0.3, -0.25) is 14.9 Å². The second kappa shape index (κ2) is 7.03. The molecule has 0 saturated carbocycles. The Labute approximate surface area is 123 Å². The maximum absolute atomic E-state index is 12.2. The van der Waals surface area contributed by atoms with E-state index < -0.39 is 16.9 Å². The number of nitrogen functional groups attached to an aromatic ring is 1. The van der Waals surface area contributed by atoms with Crippen LogP contribution < -0.4 is 11.1 Å². The number of carbonyl (C=O) groups is 1. The minimum atomic E-state index is -0.614. The van der Waals surface area contributed by atoms with Crippen LogP contribution in [0, 0.1) is 23.0 Å². The van der Waals surface area contributed by atoms with Crippen LogP contribution in [0.4, 0.5) is 11.4 Å². The third kappa shape index (κ3) is 4.42. The molecule has 0 aliphatic rings. The first-order valence-electron chi connectivity index (χ1n) is 6.72. The van der Waals surface area contributed by atoms with E-state index in [0.717, 1.165) is 0 Å². The molecule has 0 fully saturated rings. The zero-order valence-corrected chi connectivity index (χ0v) is 12.4. The van der Waals surface area contributed by atoms with Crippen molar-refractivity contribution in [2.45, 2.75) is 33.2 Å². The maximum Gasteiger partial charge on any atom is 0.293 e. The first-order chi connectivity index (χ1) is 9.76. The van der Waals surface area contributed by atoms with Gasteiger partial charge in [-0.15, -0.1) is 0 Å². The number of nitrogens with one attached hydrogen (secondary N) is 1. The summed E-state index contributed by atoms with van der Waals surface area (Å²) >= 11 is 0. The maximum atomic E-state index is 12.2. The van der Waals surface area contributed by atoms with Gasteiger partial charge in [-0.2, -0.15) is 0 Å². The number of amides is 1. The molecule has 0 saturated heterocycles. The minimum absolute atomic E-state index is 0.0592. The van der Waals surface area contributed by atoms with Crippen LogP contribution in [0.3, 0.4) is 0 Å². The summed E-state index contributed by atoms with van der Waals surface area (Å²) in [6.45, 7) is 5.40. The molecule has 1 unspecified atom stereocenters. The number of hydrogen-bond acceptors (Lipinski definition) is 5. The fourth-order valence-corrected chi connectivity index (χ4v) is 2.13. The van der Waals surface area contributed by atoms with E-state index in [9.17, 15) is 20.0 Å². The highest BCUT2D eigenvalue weighted by atomic mass is 16.6. The molecule has 0 aromatic heterocycles. The van der Waals surface area contributed by atoms with E-state index in [-0.39, 0.29) is 23.5 Å². The van der Waals surface area contributed by atoms with Crippen LogP contribution in [-0.4, -0.2) is 28.6 Å². The van der Waals surface area contributed by atoms with E-state index in [2.05, 4.69) is 5.32 Å². The number of nitrogens with zero attached hydrogens (tertiary/aromatic N) is 1. The van der Waals surface area contributed by atoms with Crippen LogP contribution in [0.5, 0.6) is 0 Å². The average Bonchev–Trinajstić information content (AvgIpc) is 2.39. The summed E-state index contributed by atoms with van der Waals surface area (Å²) in [5.74, 6) is -0.217. The monoisotopic (exact) mass is 295 g/mol. The third-order valence-electron chi connectivity index (χ3n) is 3.06. The zero-order valence-electron chi connectivity index (χ0n) is 12.4. The number of aryl methyl sites for hydroxylation is 1. The van der Waals surface area contributed by atoms with Gasteiger partial charge in [0.1, 0.15) is 5.69 Å². The molecule has 1 rings (SSSR count). The van der Waals surface area contributed by atoms with Crippen molar-refractivity contribution in [1.82, 2.24) is 5.32 Å². The van der Waals surface area contributed by atoms with Crippen LogP contribution in [0.1, 0.15) is 36.2 Å². The van der Waals surface area contributed by atoms with Crippen molar-refractivity contribution in [3.8, 4) is 0 Å². The van der Waals surface area contributed by atoms with E-state index in [0.29, 0.717) is 17.9 Å². The fourth-order valence-electron chi connectivity index (χ4n) is 2.13. The highest BCUT2D eigenvalue weighted by molar-refractivity contribution is 6.01. The lowest BCUT2D eigenvalue weighted by molar-refractivity contribution is -0.384. The molecule has 0 bridgehead atoms. The van der Waals surface area contributed by atoms with Gasteiger partial charge in [0.15, 0.2) is 0 Å². The Balaban J connectivity index is 3.04. The molecular weight excluding hydrogens is 274 g/mol. The van der Waals surface area contributed by atoms with Gasteiger partial charge in [0.25, 0.3) is 11.6 Å². The molecule has 0 aliphatic heterocycles. The standard InChI is InChI=1S/C14H21N3O4/c1-8(2)4-10(7-18)16-14(19)11-5-9(3)6-12(13(11)15)17(20)21/h5-6,8,10,18H,4,7,15H2,1-3H3,(H,16,19). The van der Waals surface area contributed by atoms with Gasteiger partial charge >= 0.3 is 0 Å². The highest BCUT2D eigenvalue weighted by Crippen LogP contribution is 2.27. The van der Waals surface area contributed by atoms with Crippen molar-refractivity contribution in [2.24, 2.45) is 5.92 Å². The number of benzene rings is 1. The molecule has 0 spiro atoms. The van der Waals surface area contributed by atoms with Crippen molar-refractivity contribution < 1.29 is 14.8 Å². The van der Waals surface area contributed by atoms with E-state index >= 15 is 0 Å². The summed E-state index contributed by atoms with van der Waals surface area (Å²) in [6, 6.07) is 2.42. The Hall–Kier alpha value is -2.15. The van der Waals surface area contributed by atoms with Gasteiger partial charge in [0, 0.05) is 6.07 Å². The third-order valence-corrected chi connectivity index (χ3v) is 3.06. The van der Waals surface area contributed by atoms with Crippen LogP contribution in [0.25, 0.3) is 0 Å². The largest absolute Gasteiger partial charge is 0.394 e. The van der Waals surface area contributed by atoms with E-state index in [1.807, 2.05) is 13.8 Å². The molecule has 0 heterocycles. The first-order valence-corrected chi connectivity index (χ1v) is 6.72. The normalized spacial score (nSPS) is 12.2. The number of hydrogen-bond donors (Lipinski definition) is 3. The van der Waals surface area contributed by atoms with Crippen molar-refractivity contribution >= 4 is 17.3 Å². The summed E-state index contributed by atoms with van der Waals surface area (Å²) in [7, 11) is 0. The second-order valence-electron chi connectivity index (χ2n) is 5.48. The lowest BCUT2D eigenvalue weighted by Gasteiger charge is -2.19. The summed E-state index contributed by atoms with van der Waals surface area (Å²) in [4.78, 5) is 22.5. The van der Waals surface area contributed by atoms with Crippen molar-refractivity contribution in [2.75, 3.05) is 12.3 Å². The average molecular weight is 295 g/mol. The number of nitro groups is 1. The van der Waals surface area contributed by atoms with Gasteiger partial charge in [-0.1, -0.05) is 13.8 Å². The smallest absolute Gasteiger partial charge is 0.293 e. The number of carbonyl (C=O) groups excluding carboxylic acids is 1. The van der Waals surface area contributed by atoms with Crippen molar-refractivity contribution in [3.05, 3.63) is 33.4 Å². The van der Waals surface area contributed by atoms with Crippen LogP contribution in [0.15, 0.2) is 12.1 Å². The number of rotatable bonds is 6. The highest BCUT2D eigenvalue weighted by Gasteiger charge is 2.22. The summed E-state index contributed by atoms with van der Waals surface area (Å²) in [6.07, 6.45) is 0.607. The number of nitrogens with two attached hydrogens (primary N) is 1. The molecule has 1 atom stereocenters. The summed E-state index contributed by atoms with van der Waals surface area (Å²) in [5.41, 5.74) is 5.89. The molecule has 7 heteroatoms. The minimum Gasteiger partial charge on any atom is -0.394 e. The first kappa shape index (κ1) is 16.9. The van der Waals surface area contributed by atoms with Gasteiger partial charge in [0.2, 0.25) is 0 Å². The molecule has 7 nitrogen and oxygen atoms in total. The predicted octanol–water partition coefficient (Wildman–Crippen LogP) is 1.62. The lowest BCUT2D eigenvalue weighted by Crippen LogP contribution is -2.38. The zero-order chi connectivity index (χ0) is 16.2. The van der Waals surface area contributed by atoms with E-state index in [1.165, 1.54) is 12.1 Å². The Kier molecular flexibility index (Phi) is 5.66. The van der Waals surface area contributed by atoms with Crippen LogP contribution in [-0.2, 0) is 0 Å². The Morgan fingerprint density at radius 1 is 1.48 bits per heavy atom. The Bertz CT molecular complexity index is 543. The molecule has 21 heavy (non-hydrogen) atoms. The quantitative estimate of drug-likeness (QED) is 0.418. The topological polar surface area (TPSA) is 118 Å². The van der Waals surface area contributed by atoms with Crippen molar-refractivity contribution in [3.63, 3.8) is 0 Å². The van der Waals surface area contributed by atoms with Gasteiger partial charge in [-0.05, 0) is 30.9 Å². The molecule has 4 N–H and O–H groups in total. The molecule has 1 aromatic carbocycles. The molecule has 116 valence electrons. The van der Waals surface area contributed by atoms with E-state index in [1.54, 1.807) is 6.92 Å². The van der Waals surface area contributed by atoms with E-state index in [4.69, 9.17) is 5.73 Å². The number of aliphatic hydroxyl groups excluding tert-OH is 1. The van der Waals surface area contributed by atoms with Gasteiger partial charge in [0.05, 0.1) is 23.1 Å². The predicted molar refractivity (Wildman–Crippen MR) is 80.0 cm³/mol. The molecule has 1 amide bonds. The number of nitro benzene ring substituents is 1. The Morgan fingerprint density at radius 3 is 2.57 bits per heavy atom. The fraction of sp³-hybridized carbons (Fsp3) is 0.500. The van der Waals surface area contributed by atoms with Crippen LogP contribution in [0.2, 0.25) is 0 Å². The van der Waals surface area contributed by atoms with Gasteiger partial charge in [-0.25, -0.2) is 0 Å². The molecular formula is C14H21N3O4. The van der Waals surface area contributed by atoms with Crippen LogP contribution >= 0.6 is 0 Å².